The highest BCUT2D eigenvalue weighted by atomic mass is 16.2. The Morgan fingerprint density at radius 2 is 2.27 bits per heavy atom. The second-order valence-corrected chi connectivity index (χ2v) is 5.39. The van der Waals surface area contributed by atoms with E-state index in [0.29, 0.717) is 5.92 Å². The van der Waals surface area contributed by atoms with E-state index in [1.165, 1.54) is 12.8 Å². The number of nitrogens with one attached hydrogen (secondary N) is 2. The van der Waals surface area contributed by atoms with Crippen LogP contribution in [0.1, 0.15) is 33.1 Å². The predicted octanol–water partition coefficient (Wildman–Crippen LogP) is 1.15. The maximum atomic E-state index is 12.2. The fourth-order valence-electron chi connectivity index (χ4n) is 2.40. The van der Waals surface area contributed by atoms with E-state index in [0.717, 1.165) is 32.0 Å². The summed E-state index contributed by atoms with van der Waals surface area (Å²) in [5, 5.41) is 6.45. The Morgan fingerprint density at radius 3 is 2.73 bits per heavy atom. The van der Waals surface area contributed by atoms with Crippen molar-refractivity contribution in [3.63, 3.8) is 0 Å². The summed E-state index contributed by atoms with van der Waals surface area (Å²) < 4.78 is 0. The molecule has 0 radical (unpaired) electrons. The summed E-state index contributed by atoms with van der Waals surface area (Å²) in [5.41, 5.74) is -0.144. The average Bonchev–Trinajstić information content (AvgIpc) is 2.89. The minimum absolute atomic E-state index is 0.144. The summed E-state index contributed by atoms with van der Waals surface area (Å²) in [6.45, 7) is 7.04. The van der Waals surface area contributed by atoms with Gasteiger partial charge in [-0.25, -0.2) is 0 Å². The first-order valence-electron chi connectivity index (χ1n) is 6.14. The summed E-state index contributed by atoms with van der Waals surface area (Å²) >= 11 is 0. The molecule has 1 amide bonds. The molecule has 1 saturated carbocycles. The van der Waals surface area contributed by atoms with Gasteiger partial charge in [-0.15, -0.1) is 0 Å². The quantitative estimate of drug-likeness (QED) is 0.731. The van der Waals surface area contributed by atoms with Gasteiger partial charge in [0.15, 0.2) is 0 Å². The van der Waals surface area contributed by atoms with Gasteiger partial charge in [-0.1, -0.05) is 13.8 Å². The van der Waals surface area contributed by atoms with Gasteiger partial charge in [-0.05, 0) is 37.6 Å². The highest BCUT2D eigenvalue weighted by Gasteiger charge is 2.43. The van der Waals surface area contributed by atoms with Crippen molar-refractivity contribution in [2.24, 2.45) is 17.3 Å². The van der Waals surface area contributed by atoms with Crippen molar-refractivity contribution in [1.82, 2.24) is 10.6 Å². The number of rotatable bonds is 4. The van der Waals surface area contributed by atoms with Crippen LogP contribution in [0.5, 0.6) is 0 Å². The molecule has 2 aliphatic rings. The Morgan fingerprint density at radius 1 is 1.53 bits per heavy atom. The zero-order chi connectivity index (χ0) is 10.9. The second kappa shape index (κ2) is 4.12. The topological polar surface area (TPSA) is 41.1 Å². The van der Waals surface area contributed by atoms with Gasteiger partial charge in [-0.2, -0.15) is 0 Å². The molecule has 1 heterocycles. The lowest BCUT2D eigenvalue weighted by Gasteiger charge is -2.31. The second-order valence-electron chi connectivity index (χ2n) is 5.39. The van der Waals surface area contributed by atoms with E-state index in [1.54, 1.807) is 0 Å². The molecule has 0 aromatic carbocycles. The number of carbonyl (C=O) groups excluding carboxylic acids is 1. The van der Waals surface area contributed by atoms with Crippen LogP contribution in [0.3, 0.4) is 0 Å². The molecule has 0 aromatic heterocycles. The molecule has 86 valence electrons. The van der Waals surface area contributed by atoms with Gasteiger partial charge in [0, 0.05) is 13.1 Å². The van der Waals surface area contributed by atoms with Crippen molar-refractivity contribution < 1.29 is 4.79 Å². The van der Waals surface area contributed by atoms with Crippen LogP contribution in [-0.4, -0.2) is 25.5 Å². The van der Waals surface area contributed by atoms with Gasteiger partial charge in [-0.3, -0.25) is 4.79 Å². The van der Waals surface area contributed by atoms with Crippen LogP contribution in [0.25, 0.3) is 0 Å². The van der Waals surface area contributed by atoms with E-state index in [2.05, 4.69) is 24.5 Å². The van der Waals surface area contributed by atoms with E-state index in [4.69, 9.17) is 0 Å². The van der Waals surface area contributed by atoms with Gasteiger partial charge < -0.3 is 10.6 Å². The number of hydrogen-bond donors (Lipinski definition) is 2. The third-order valence-corrected chi connectivity index (χ3v) is 3.99. The first-order valence-corrected chi connectivity index (χ1v) is 6.14. The smallest absolute Gasteiger partial charge is 0.227 e. The standard InChI is InChI=1S/C12H22N2O/c1-9(2)12(5-6-13-8-12)11(15)14-7-10-3-4-10/h9-10,13H,3-8H2,1-2H3,(H,14,15). The van der Waals surface area contributed by atoms with Crippen molar-refractivity contribution in [1.29, 1.82) is 0 Å². The van der Waals surface area contributed by atoms with Crippen molar-refractivity contribution in [3.05, 3.63) is 0 Å². The molecule has 2 fully saturated rings. The van der Waals surface area contributed by atoms with Gasteiger partial charge in [0.25, 0.3) is 0 Å². The Balaban J connectivity index is 1.93. The molecular formula is C12H22N2O. The minimum atomic E-state index is -0.144. The lowest BCUT2D eigenvalue weighted by molar-refractivity contribution is -0.132. The highest BCUT2D eigenvalue weighted by Crippen LogP contribution is 2.35. The molecule has 15 heavy (non-hydrogen) atoms. The van der Waals surface area contributed by atoms with E-state index in [-0.39, 0.29) is 11.3 Å². The number of amides is 1. The van der Waals surface area contributed by atoms with Crippen LogP contribution in [0.15, 0.2) is 0 Å². The van der Waals surface area contributed by atoms with Crippen LogP contribution in [-0.2, 0) is 4.79 Å². The molecule has 1 unspecified atom stereocenters. The van der Waals surface area contributed by atoms with Gasteiger partial charge in [0.2, 0.25) is 5.91 Å². The predicted molar refractivity (Wildman–Crippen MR) is 60.5 cm³/mol. The molecule has 3 nitrogen and oxygen atoms in total. The number of carbonyl (C=O) groups is 1. The fourth-order valence-corrected chi connectivity index (χ4v) is 2.40. The van der Waals surface area contributed by atoms with Crippen molar-refractivity contribution in [2.75, 3.05) is 19.6 Å². The molecule has 1 aliphatic carbocycles. The lowest BCUT2D eigenvalue weighted by atomic mass is 9.75. The maximum absolute atomic E-state index is 12.2. The summed E-state index contributed by atoms with van der Waals surface area (Å²) in [4.78, 5) is 12.2. The Hall–Kier alpha value is -0.570. The normalized spacial score (nSPS) is 30.9. The monoisotopic (exact) mass is 210 g/mol. The average molecular weight is 210 g/mol. The van der Waals surface area contributed by atoms with Crippen LogP contribution in [0.4, 0.5) is 0 Å². The summed E-state index contributed by atoms with van der Waals surface area (Å²) in [6, 6.07) is 0. The summed E-state index contributed by atoms with van der Waals surface area (Å²) in [5.74, 6) is 1.47. The molecule has 1 aliphatic heterocycles. The molecule has 0 bridgehead atoms. The van der Waals surface area contributed by atoms with Crippen LogP contribution in [0, 0.1) is 17.3 Å². The first kappa shape index (κ1) is 10.9. The molecule has 2 N–H and O–H groups in total. The summed E-state index contributed by atoms with van der Waals surface area (Å²) in [6.07, 6.45) is 3.58. The SMILES string of the molecule is CC(C)C1(C(=O)NCC2CC2)CCNC1. The maximum Gasteiger partial charge on any atom is 0.227 e. The van der Waals surface area contributed by atoms with Gasteiger partial charge >= 0.3 is 0 Å². The van der Waals surface area contributed by atoms with Crippen molar-refractivity contribution in [3.8, 4) is 0 Å². The van der Waals surface area contributed by atoms with Crippen LogP contribution < -0.4 is 10.6 Å². The van der Waals surface area contributed by atoms with Crippen LogP contribution in [0.2, 0.25) is 0 Å². The lowest BCUT2D eigenvalue weighted by Crippen LogP contribution is -2.46. The molecule has 1 saturated heterocycles. The highest BCUT2D eigenvalue weighted by molar-refractivity contribution is 5.83. The first-order chi connectivity index (χ1) is 7.15. The Labute approximate surface area is 92.0 Å². The Kier molecular flexibility index (Phi) is 3.01. The molecule has 3 heteroatoms. The van der Waals surface area contributed by atoms with Crippen molar-refractivity contribution in [2.45, 2.75) is 33.1 Å². The summed E-state index contributed by atoms with van der Waals surface area (Å²) in [7, 11) is 0. The minimum Gasteiger partial charge on any atom is -0.355 e. The fraction of sp³-hybridized carbons (Fsp3) is 0.917. The molecular weight excluding hydrogens is 188 g/mol. The van der Waals surface area contributed by atoms with E-state index in [9.17, 15) is 4.79 Å². The van der Waals surface area contributed by atoms with E-state index in [1.807, 2.05) is 0 Å². The largest absolute Gasteiger partial charge is 0.355 e. The van der Waals surface area contributed by atoms with Crippen LogP contribution >= 0.6 is 0 Å². The van der Waals surface area contributed by atoms with Crippen molar-refractivity contribution >= 4 is 5.91 Å². The zero-order valence-electron chi connectivity index (χ0n) is 9.81. The van der Waals surface area contributed by atoms with Gasteiger partial charge in [0.1, 0.15) is 0 Å². The third kappa shape index (κ3) is 2.17. The van der Waals surface area contributed by atoms with E-state index < -0.39 is 0 Å². The zero-order valence-corrected chi connectivity index (χ0v) is 9.81. The Bertz CT molecular complexity index is 240. The molecule has 1 atom stereocenters. The number of hydrogen-bond acceptors (Lipinski definition) is 2. The molecule has 2 rings (SSSR count). The molecule has 0 spiro atoms. The van der Waals surface area contributed by atoms with E-state index >= 15 is 0 Å². The van der Waals surface area contributed by atoms with Gasteiger partial charge in [0.05, 0.1) is 5.41 Å². The third-order valence-electron chi connectivity index (χ3n) is 3.99. The molecule has 0 aromatic rings.